The average molecular weight is 278 g/mol. The number of halogens is 1. The Labute approximate surface area is 115 Å². The molecule has 0 bridgehead atoms. The van der Waals surface area contributed by atoms with Gasteiger partial charge in [0.15, 0.2) is 0 Å². The molecule has 4 nitrogen and oxygen atoms in total. The van der Waals surface area contributed by atoms with Crippen molar-refractivity contribution in [2.24, 2.45) is 0 Å². The minimum absolute atomic E-state index is 0.0944. The topological polar surface area (TPSA) is 59.4 Å². The monoisotopic (exact) mass is 277 g/mol. The van der Waals surface area contributed by atoms with Gasteiger partial charge in [0.1, 0.15) is 5.75 Å². The molecule has 0 spiro atoms. The Morgan fingerprint density at radius 1 is 1.42 bits per heavy atom. The maximum atomic E-state index is 11.3. The van der Waals surface area contributed by atoms with E-state index in [2.05, 4.69) is 4.98 Å². The number of aromatic carboxylic acids is 1. The normalized spacial score (nSPS) is 10.3. The van der Waals surface area contributed by atoms with Crippen LogP contribution in [-0.2, 0) is 0 Å². The van der Waals surface area contributed by atoms with Crippen molar-refractivity contribution in [2.75, 3.05) is 7.11 Å². The molecule has 2 rings (SSSR count). The summed E-state index contributed by atoms with van der Waals surface area (Å²) in [5.41, 5.74) is 1.87. The van der Waals surface area contributed by atoms with E-state index >= 15 is 0 Å². The molecule has 0 aliphatic carbocycles. The van der Waals surface area contributed by atoms with Crippen LogP contribution in [0.5, 0.6) is 5.75 Å². The van der Waals surface area contributed by atoms with Crippen LogP contribution < -0.4 is 4.74 Å². The van der Waals surface area contributed by atoms with E-state index in [0.29, 0.717) is 27.6 Å². The molecule has 0 radical (unpaired) electrons. The summed E-state index contributed by atoms with van der Waals surface area (Å²) in [6.07, 6.45) is 1.33. The van der Waals surface area contributed by atoms with E-state index < -0.39 is 5.97 Å². The molecule has 0 amide bonds. The van der Waals surface area contributed by atoms with Gasteiger partial charge in [0, 0.05) is 23.0 Å². The van der Waals surface area contributed by atoms with E-state index in [1.807, 2.05) is 0 Å². The summed E-state index contributed by atoms with van der Waals surface area (Å²) in [7, 11) is 1.52. The van der Waals surface area contributed by atoms with Gasteiger partial charge in [-0.05, 0) is 25.1 Å². The van der Waals surface area contributed by atoms with Gasteiger partial charge in [-0.2, -0.15) is 0 Å². The second kappa shape index (κ2) is 5.28. The van der Waals surface area contributed by atoms with Gasteiger partial charge in [-0.15, -0.1) is 0 Å². The zero-order valence-electron chi connectivity index (χ0n) is 10.5. The Hall–Kier alpha value is -2.07. The van der Waals surface area contributed by atoms with E-state index in [4.69, 9.17) is 16.3 Å². The molecule has 0 aliphatic rings. The minimum Gasteiger partial charge on any atom is -0.496 e. The Bertz CT molecular complexity index is 641. The molecule has 1 aromatic carbocycles. The SMILES string of the molecule is COc1cccc(Cl)c1-c1cc(C)ncc1C(=O)O. The van der Waals surface area contributed by atoms with E-state index in [1.54, 1.807) is 31.2 Å². The first-order valence-corrected chi connectivity index (χ1v) is 5.95. The lowest BCUT2D eigenvalue weighted by molar-refractivity contribution is 0.0697. The second-order valence-corrected chi connectivity index (χ2v) is 4.40. The van der Waals surface area contributed by atoms with E-state index in [-0.39, 0.29) is 5.56 Å². The Morgan fingerprint density at radius 3 is 2.79 bits per heavy atom. The van der Waals surface area contributed by atoms with Crippen LogP contribution in [0.4, 0.5) is 0 Å². The molecule has 5 heteroatoms. The lowest BCUT2D eigenvalue weighted by atomic mass is 9.99. The second-order valence-electron chi connectivity index (χ2n) is 3.99. The Balaban J connectivity index is 2.78. The first-order chi connectivity index (χ1) is 9.04. The van der Waals surface area contributed by atoms with Gasteiger partial charge in [0.05, 0.1) is 17.7 Å². The van der Waals surface area contributed by atoms with Crippen molar-refractivity contribution in [3.63, 3.8) is 0 Å². The number of rotatable bonds is 3. The van der Waals surface area contributed by atoms with E-state index in [0.717, 1.165) is 0 Å². The zero-order valence-corrected chi connectivity index (χ0v) is 11.2. The number of hydrogen-bond acceptors (Lipinski definition) is 3. The van der Waals surface area contributed by atoms with Crippen LogP contribution in [0, 0.1) is 6.92 Å². The van der Waals surface area contributed by atoms with Gasteiger partial charge >= 0.3 is 5.97 Å². The summed E-state index contributed by atoms with van der Waals surface area (Å²) in [5, 5.41) is 9.69. The molecule has 19 heavy (non-hydrogen) atoms. The first-order valence-electron chi connectivity index (χ1n) is 5.57. The fourth-order valence-electron chi connectivity index (χ4n) is 1.87. The third-order valence-corrected chi connectivity index (χ3v) is 3.05. The number of aryl methyl sites for hydroxylation is 1. The van der Waals surface area contributed by atoms with Crippen molar-refractivity contribution >= 4 is 17.6 Å². The number of aromatic nitrogens is 1. The van der Waals surface area contributed by atoms with Crippen LogP contribution in [0.15, 0.2) is 30.5 Å². The molecule has 0 saturated carbocycles. The molecule has 0 unspecified atom stereocenters. The summed E-state index contributed by atoms with van der Waals surface area (Å²) in [6, 6.07) is 6.87. The highest BCUT2D eigenvalue weighted by Gasteiger charge is 2.18. The van der Waals surface area contributed by atoms with Crippen LogP contribution in [0.25, 0.3) is 11.1 Å². The quantitative estimate of drug-likeness (QED) is 0.934. The summed E-state index contributed by atoms with van der Waals surface area (Å²) in [4.78, 5) is 15.3. The van der Waals surface area contributed by atoms with E-state index in [1.165, 1.54) is 13.3 Å². The van der Waals surface area contributed by atoms with Gasteiger partial charge in [0.2, 0.25) is 0 Å². The van der Waals surface area contributed by atoms with Crippen molar-refractivity contribution in [3.8, 4) is 16.9 Å². The van der Waals surface area contributed by atoms with Gasteiger partial charge in [-0.25, -0.2) is 4.79 Å². The predicted octanol–water partition coefficient (Wildman–Crippen LogP) is 3.42. The number of benzene rings is 1. The summed E-state index contributed by atoms with van der Waals surface area (Å²) in [5.74, 6) is -0.523. The largest absolute Gasteiger partial charge is 0.496 e. The molecule has 0 saturated heterocycles. The number of hydrogen-bond donors (Lipinski definition) is 1. The molecule has 2 aromatic rings. The molecule has 1 aromatic heterocycles. The van der Waals surface area contributed by atoms with Crippen LogP contribution in [0.1, 0.15) is 16.1 Å². The number of ether oxygens (including phenoxy) is 1. The van der Waals surface area contributed by atoms with Crippen molar-refractivity contribution in [2.45, 2.75) is 6.92 Å². The molecule has 0 aliphatic heterocycles. The highest BCUT2D eigenvalue weighted by atomic mass is 35.5. The number of pyridine rings is 1. The van der Waals surface area contributed by atoms with Gasteiger partial charge < -0.3 is 9.84 Å². The third-order valence-electron chi connectivity index (χ3n) is 2.74. The molecule has 0 fully saturated rings. The van der Waals surface area contributed by atoms with Crippen LogP contribution in [0.3, 0.4) is 0 Å². The van der Waals surface area contributed by atoms with Crippen molar-refractivity contribution in [1.29, 1.82) is 0 Å². The molecule has 98 valence electrons. The Morgan fingerprint density at radius 2 is 2.16 bits per heavy atom. The maximum Gasteiger partial charge on any atom is 0.337 e. The molecule has 1 N–H and O–H groups in total. The van der Waals surface area contributed by atoms with Gasteiger partial charge in [0.25, 0.3) is 0 Å². The lowest BCUT2D eigenvalue weighted by Gasteiger charge is -2.13. The Kier molecular flexibility index (Phi) is 3.71. The summed E-state index contributed by atoms with van der Waals surface area (Å²) >= 11 is 6.18. The van der Waals surface area contributed by atoms with Crippen LogP contribution in [-0.4, -0.2) is 23.2 Å². The van der Waals surface area contributed by atoms with Crippen molar-refractivity contribution < 1.29 is 14.6 Å². The zero-order chi connectivity index (χ0) is 14.0. The number of methoxy groups -OCH3 is 1. The number of carboxylic acids is 1. The molecular formula is C14H12ClNO3. The van der Waals surface area contributed by atoms with Crippen LogP contribution >= 0.6 is 11.6 Å². The maximum absolute atomic E-state index is 11.3. The van der Waals surface area contributed by atoms with Gasteiger partial charge in [-0.1, -0.05) is 17.7 Å². The fraction of sp³-hybridized carbons (Fsp3) is 0.143. The highest BCUT2D eigenvalue weighted by molar-refractivity contribution is 6.34. The van der Waals surface area contributed by atoms with Crippen molar-refractivity contribution in [1.82, 2.24) is 4.98 Å². The molecule has 0 atom stereocenters. The standard InChI is InChI=1S/C14H12ClNO3/c1-8-6-9(10(7-16-8)14(17)18)13-11(15)4-3-5-12(13)19-2/h3-7H,1-2H3,(H,17,18). The summed E-state index contributed by atoms with van der Waals surface area (Å²) < 4.78 is 5.26. The summed E-state index contributed by atoms with van der Waals surface area (Å²) in [6.45, 7) is 1.79. The third kappa shape index (κ3) is 2.53. The average Bonchev–Trinajstić information content (AvgIpc) is 2.37. The van der Waals surface area contributed by atoms with Crippen LogP contribution in [0.2, 0.25) is 5.02 Å². The fourth-order valence-corrected chi connectivity index (χ4v) is 2.14. The number of carbonyl (C=O) groups is 1. The number of carboxylic acid groups (broad SMARTS) is 1. The predicted molar refractivity (Wildman–Crippen MR) is 72.9 cm³/mol. The van der Waals surface area contributed by atoms with Gasteiger partial charge in [-0.3, -0.25) is 4.98 Å². The molecule has 1 heterocycles. The minimum atomic E-state index is -1.05. The first kappa shape index (κ1) is 13.4. The highest BCUT2D eigenvalue weighted by Crippen LogP contribution is 2.38. The smallest absolute Gasteiger partial charge is 0.337 e. The number of nitrogens with zero attached hydrogens (tertiary/aromatic N) is 1. The lowest BCUT2D eigenvalue weighted by Crippen LogP contribution is -2.02. The van der Waals surface area contributed by atoms with Crippen molar-refractivity contribution in [3.05, 3.63) is 46.7 Å². The molecular weight excluding hydrogens is 266 g/mol. The van der Waals surface area contributed by atoms with E-state index in [9.17, 15) is 9.90 Å².